The molecule has 0 saturated heterocycles. The highest BCUT2D eigenvalue weighted by molar-refractivity contribution is 7.88. The highest BCUT2D eigenvalue weighted by Gasteiger charge is 2.28. The Balaban J connectivity index is 1.22. The number of amides is 1. The molecule has 5 aromatic rings. The van der Waals surface area contributed by atoms with E-state index in [-0.39, 0.29) is 24.9 Å². The molecule has 2 aliphatic rings. The van der Waals surface area contributed by atoms with Crippen molar-refractivity contribution >= 4 is 38.4 Å². The van der Waals surface area contributed by atoms with E-state index in [0.717, 1.165) is 25.5 Å². The van der Waals surface area contributed by atoms with Crippen LogP contribution < -0.4 is 10.0 Å². The first-order valence-electron chi connectivity index (χ1n) is 14.3. The van der Waals surface area contributed by atoms with Crippen molar-refractivity contribution in [1.82, 2.24) is 24.7 Å². The largest absolute Gasteiger partial charge is 0.337 e. The summed E-state index contributed by atoms with van der Waals surface area (Å²) in [6.45, 7) is 0.173. The molecule has 3 N–H and O–H groups in total. The lowest BCUT2D eigenvalue weighted by Gasteiger charge is -2.24. The maximum atomic E-state index is 16.3. The molecule has 1 amide bonds. The van der Waals surface area contributed by atoms with Gasteiger partial charge in [-0.1, -0.05) is 18.6 Å². The van der Waals surface area contributed by atoms with E-state index < -0.39 is 21.7 Å². The smallest absolute Gasteiger partial charge is 0.227 e. The van der Waals surface area contributed by atoms with E-state index in [1.807, 2.05) is 6.07 Å². The molecule has 10 nitrogen and oxygen atoms in total. The summed E-state index contributed by atoms with van der Waals surface area (Å²) < 4.78 is 56.4. The number of hydrogen-bond acceptors (Lipinski definition) is 7. The molecular weight excluding hydrogens is 600 g/mol. The van der Waals surface area contributed by atoms with Gasteiger partial charge in [0, 0.05) is 47.1 Å². The second kappa shape index (κ2) is 11.2. The summed E-state index contributed by atoms with van der Waals surface area (Å²) in [6, 6.07) is 11.1. The Morgan fingerprint density at radius 3 is 2.69 bits per heavy atom. The fourth-order valence-electron chi connectivity index (χ4n) is 5.60. The van der Waals surface area contributed by atoms with Crippen molar-refractivity contribution in [2.75, 3.05) is 11.6 Å². The second-order valence-corrected chi connectivity index (χ2v) is 13.1. The number of fused-ring (bicyclic) bond motifs is 2. The van der Waals surface area contributed by atoms with E-state index in [4.69, 9.17) is 4.98 Å². The van der Waals surface area contributed by atoms with Gasteiger partial charge in [0.15, 0.2) is 5.82 Å². The Hall–Kier alpha value is -4.88. The minimum atomic E-state index is -3.48. The Morgan fingerprint density at radius 1 is 1.07 bits per heavy atom. The van der Waals surface area contributed by atoms with Gasteiger partial charge in [0.25, 0.3) is 0 Å². The van der Waals surface area contributed by atoms with E-state index in [1.165, 1.54) is 12.1 Å². The fraction of sp³-hybridized carbons (Fsp3) is 0.219. The number of carbonyl (C=O) groups excluding carboxylic acids is 1. The van der Waals surface area contributed by atoms with Crippen LogP contribution in [0.5, 0.6) is 0 Å². The maximum Gasteiger partial charge on any atom is 0.227 e. The van der Waals surface area contributed by atoms with Crippen molar-refractivity contribution in [3.63, 3.8) is 0 Å². The summed E-state index contributed by atoms with van der Waals surface area (Å²) in [5, 5.41) is 2.89. The second-order valence-electron chi connectivity index (χ2n) is 11.3. The molecule has 4 heterocycles. The number of H-pyrrole nitrogens is 1. The van der Waals surface area contributed by atoms with Gasteiger partial charge < -0.3 is 10.3 Å². The quantitative estimate of drug-likeness (QED) is 0.219. The minimum absolute atomic E-state index is 0.00327. The average molecular weight is 628 g/mol. The number of nitrogens with one attached hydrogen (secondary N) is 3. The zero-order valence-electron chi connectivity index (χ0n) is 24.1. The molecule has 0 unspecified atom stereocenters. The monoisotopic (exact) mass is 627 g/mol. The third kappa shape index (κ3) is 5.71. The number of carbonyl (C=O) groups is 1. The standard InChI is InChI=1S/C32H27F2N7O3S/c1-45(43,44)38-13-17-9-20(11-22(33)10-17)28-29-25(7-8-36-28)40-31(41-29)30-26-19(15-37-30)5-6-24(27(26)34)21-12-23(16-35-14-21)39-32(42)18-3-2-4-18/h5-12,14,16,18,38H,2-4,13,15H2,1H3,(H,39,42)(H,40,41). The maximum absolute atomic E-state index is 16.3. The first kappa shape index (κ1) is 28.9. The first-order chi connectivity index (χ1) is 21.6. The molecule has 0 spiro atoms. The highest BCUT2D eigenvalue weighted by atomic mass is 32.2. The van der Waals surface area contributed by atoms with Crippen LogP contribution in [-0.4, -0.2) is 46.2 Å². The molecule has 228 valence electrons. The Labute approximate surface area is 257 Å². The molecule has 1 aliphatic carbocycles. The van der Waals surface area contributed by atoms with Crippen LogP contribution in [0.1, 0.15) is 41.8 Å². The molecule has 0 atom stereocenters. The van der Waals surface area contributed by atoms with E-state index in [2.05, 4.69) is 30.0 Å². The van der Waals surface area contributed by atoms with Crippen molar-refractivity contribution in [2.24, 2.45) is 10.9 Å². The lowest BCUT2D eigenvalue weighted by molar-refractivity contribution is -0.122. The van der Waals surface area contributed by atoms with Gasteiger partial charge in [0.1, 0.15) is 22.9 Å². The summed E-state index contributed by atoms with van der Waals surface area (Å²) >= 11 is 0. The van der Waals surface area contributed by atoms with Crippen molar-refractivity contribution in [2.45, 2.75) is 32.4 Å². The minimum Gasteiger partial charge on any atom is -0.337 e. The SMILES string of the molecule is CS(=O)(=O)NCc1cc(F)cc(-c2nccc3[nH]c(C4=NCc5ccc(-c6cncc(NC(=O)C7CCC7)c6)c(F)c54)nc23)c1. The zero-order valence-corrected chi connectivity index (χ0v) is 24.9. The van der Waals surface area contributed by atoms with Crippen molar-refractivity contribution < 1.29 is 22.0 Å². The number of aliphatic imine (C=N–C) groups is 1. The number of anilines is 1. The Bertz CT molecular complexity index is 2140. The van der Waals surface area contributed by atoms with Crippen LogP contribution >= 0.6 is 0 Å². The summed E-state index contributed by atoms with van der Waals surface area (Å²) in [5.41, 5.74) is 4.86. The molecular formula is C32H27F2N7O3S. The van der Waals surface area contributed by atoms with Crippen LogP contribution in [0.15, 0.2) is 66.0 Å². The number of imidazole rings is 1. The van der Waals surface area contributed by atoms with E-state index in [0.29, 0.717) is 67.3 Å². The van der Waals surface area contributed by atoms with Gasteiger partial charge in [-0.15, -0.1) is 0 Å². The van der Waals surface area contributed by atoms with Crippen molar-refractivity contribution in [3.8, 4) is 22.4 Å². The summed E-state index contributed by atoms with van der Waals surface area (Å²) in [5.74, 6) is -0.771. The number of rotatable bonds is 8. The van der Waals surface area contributed by atoms with Gasteiger partial charge in [0.2, 0.25) is 15.9 Å². The van der Waals surface area contributed by atoms with Gasteiger partial charge in [-0.25, -0.2) is 26.9 Å². The summed E-state index contributed by atoms with van der Waals surface area (Å²) in [6.07, 6.45) is 8.44. The Morgan fingerprint density at radius 2 is 1.91 bits per heavy atom. The predicted octanol–water partition coefficient (Wildman–Crippen LogP) is 5.10. The summed E-state index contributed by atoms with van der Waals surface area (Å²) in [4.78, 5) is 33.7. The van der Waals surface area contributed by atoms with Gasteiger partial charge in [-0.05, 0) is 54.3 Å². The van der Waals surface area contributed by atoms with E-state index >= 15 is 4.39 Å². The molecule has 2 aromatic carbocycles. The number of aromatic nitrogens is 4. The van der Waals surface area contributed by atoms with Crippen LogP contribution in [0.4, 0.5) is 14.5 Å². The molecule has 1 aliphatic heterocycles. The number of sulfonamides is 1. The topological polar surface area (TPSA) is 142 Å². The predicted molar refractivity (Wildman–Crippen MR) is 166 cm³/mol. The van der Waals surface area contributed by atoms with Crippen LogP contribution in [0.2, 0.25) is 0 Å². The number of pyridine rings is 2. The lowest BCUT2D eigenvalue weighted by atomic mass is 9.85. The molecule has 1 fully saturated rings. The number of aromatic amines is 1. The van der Waals surface area contributed by atoms with Gasteiger partial charge in [-0.2, -0.15) is 0 Å². The van der Waals surface area contributed by atoms with Crippen LogP contribution in [0, 0.1) is 17.6 Å². The lowest BCUT2D eigenvalue weighted by Crippen LogP contribution is -2.28. The number of nitrogens with zero attached hydrogens (tertiary/aromatic N) is 4. The van der Waals surface area contributed by atoms with Crippen LogP contribution in [0.3, 0.4) is 0 Å². The molecule has 13 heteroatoms. The fourth-order valence-corrected chi connectivity index (χ4v) is 6.02. The summed E-state index contributed by atoms with van der Waals surface area (Å²) in [7, 11) is -3.48. The van der Waals surface area contributed by atoms with Gasteiger partial charge in [0.05, 0.1) is 35.9 Å². The molecule has 0 bridgehead atoms. The highest BCUT2D eigenvalue weighted by Crippen LogP contribution is 2.35. The Kier molecular flexibility index (Phi) is 7.21. The molecule has 45 heavy (non-hydrogen) atoms. The van der Waals surface area contributed by atoms with Gasteiger partial charge in [-0.3, -0.25) is 19.8 Å². The van der Waals surface area contributed by atoms with Crippen LogP contribution in [-0.2, 0) is 27.9 Å². The van der Waals surface area contributed by atoms with Crippen molar-refractivity contribution in [1.29, 1.82) is 0 Å². The number of hydrogen-bond donors (Lipinski definition) is 3. The third-order valence-electron chi connectivity index (χ3n) is 8.06. The molecule has 0 radical (unpaired) electrons. The number of benzene rings is 2. The normalized spacial score (nSPS) is 14.7. The van der Waals surface area contributed by atoms with E-state index in [1.54, 1.807) is 42.9 Å². The first-order valence-corrected chi connectivity index (χ1v) is 16.2. The zero-order chi connectivity index (χ0) is 31.3. The molecule has 1 saturated carbocycles. The van der Waals surface area contributed by atoms with Crippen molar-refractivity contribution in [3.05, 3.63) is 95.2 Å². The molecule has 3 aromatic heterocycles. The van der Waals surface area contributed by atoms with Gasteiger partial charge >= 0.3 is 0 Å². The molecule has 7 rings (SSSR count). The average Bonchev–Trinajstić information content (AvgIpc) is 3.60. The third-order valence-corrected chi connectivity index (χ3v) is 8.73. The van der Waals surface area contributed by atoms with E-state index in [9.17, 15) is 17.6 Å². The number of halogens is 2. The van der Waals surface area contributed by atoms with Crippen LogP contribution in [0.25, 0.3) is 33.4 Å².